The lowest BCUT2D eigenvalue weighted by Crippen LogP contribution is -2.09. The van der Waals surface area contributed by atoms with E-state index in [1.807, 2.05) is 18.2 Å². The zero-order valence-corrected chi connectivity index (χ0v) is 12.5. The number of hydrogen-bond acceptors (Lipinski definition) is 4. The average molecular weight is 323 g/mol. The fraction of sp³-hybridized carbons (Fsp3) is 0.143. The first-order chi connectivity index (χ1) is 10.1. The van der Waals surface area contributed by atoms with Crippen LogP contribution in [0.2, 0.25) is 10.0 Å². The van der Waals surface area contributed by atoms with Crippen LogP contribution in [-0.4, -0.2) is 21.6 Å². The van der Waals surface area contributed by atoms with Crippen LogP contribution in [0.3, 0.4) is 0 Å². The lowest BCUT2D eigenvalue weighted by Gasteiger charge is -2.07. The molecule has 21 heavy (non-hydrogen) atoms. The zero-order chi connectivity index (χ0) is 14.8. The minimum absolute atomic E-state index is 0.447. The second-order valence-corrected chi connectivity index (χ2v) is 5.30. The number of benzene rings is 2. The van der Waals surface area contributed by atoms with Crippen molar-refractivity contribution in [2.45, 2.75) is 6.54 Å². The van der Waals surface area contributed by atoms with E-state index in [4.69, 9.17) is 33.7 Å². The predicted octanol–water partition coefficient (Wildman–Crippen LogP) is 3.40. The summed E-state index contributed by atoms with van der Waals surface area (Å²) in [6.45, 7) is 0.991. The van der Waals surface area contributed by atoms with Crippen molar-refractivity contribution in [3.8, 4) is 5.75 Å². The Morgan fingerprint density at radius 3 is 2.76 bits per heavy atom. The predicted molar refractivity (Wildman–Crippen MR) is 83.9 cm³/mol. The molecule has 0 saturated heterocycles. The molecule has 108 valence electrons. The van der Waals surface area contributed by atoms with Gasteiger partial charge in [0.25, 0.3) is 0 Å². The van der Waals surface area contributed by atoms with Crippen LogP contribution in [0.4, 0.5) is 5.69 Å². The van der Waals surface area contributed by atoms with E-state index in [0.717, 1.165) is 11.3 Å². The third kappa shape index (κ3) is 3.04. The second kappa shape index (κ2) is 5.79. The van der Waals surface area contributed by atoms with Crippen LogP contribution in [0.5, 0.6) is 5.75 Å². The molecule has 0 saturated carbocycles. The van der Waals surface area contributed by atoms with Crippen LogP contribution in [0, 0.1) is 0 Å². The van der Waals surface area contributed by atoms with Crippen molar-refractivity contribution in [2.75, 3.05) is 12.3 Å². The minimum atomic E-state index is 0.447. The Bertz CT molecular complexity index is 788. The number of fused-ring (bicyclic) bond motifs is 1. The summed E-state index contributed by atoms with van der Waals surface area (Å²) >= 11 is 12.0. The van der Waals surface area contributed by atoms with E-state index >= 15 is 0 Å². The molecule has 0 bridgehead atoms. The average Bonchev–Trinajstić information content (AvgIpc) is 2.82. The van der Waals surface area contributed by atoms with E-state index in [1.54, 1.807) is 22.9 Å². The summed E-state index contributed by atoms with van der Waals surface area (Å²) in [5.41, 5.74) is 7.88. The highest BCUT2D eigenvalue weighted by atomic mass is 35.5. The number of aromatic nitrogens is 3. The molecular formula is C14H12Cl2N4O. The van der Waals surface area contributed by atoms with Crippen LogP contribution in [0.15, 0.2) is 36.4 Å². The van der Waals surface area contributed by atoms with Gasteiger partial charge in [-0.1, -0.05) is 34.5 Å². The number of rotatable bonds is 4. The summed E-state index contributed by atoms with van der Waals surface area (Å²) in [5.74, 6) is 0.723. The van der Waals surface area contributed by atoms with E-state index in [2.05, 4.69) is 10.3 Å². The van der Waals surface area contributed by atoms with Gasteiger partial charge >= 0.3 is 0 Å². The Kier molecular flexibility index (Phi) is 3.86. The fourth-order valence-corrected chi connectivity index (χ4v) is 2.30. The Hall–Kier alpha value is -1.98. The van der Waals surface area contributed by atoms with Crippen molar-refractivity contribution in [3.63, 3.8) is 0 Å². The highest BCUT2D eigenvalue weighted by molar-refractivity contribution is 6.42. The number of ether oxygens (including phenoxy) is 1. The van der Waals surface area contributed by atoms with E-state index in [0.29, 0.717) is 34.4 Å². The SMILES string of the molecule is Nc1cccc(OCCn2nnc3cc(Cl)c(Cl)cc32)c1. The molecule has 0 aliphatic rings. The molecule has 1 heterocycles. The molecule has 0 aliphatic carbocycles. The van der Waals surface area contributed by atoms with Gasteiger partial charge in [0.2, 0.25) is 0 Å². The lowest BCUT2D eigenvalue weighted by molar-refractivity contribution is 0.292. The Morgan fingerprint density at radius 1 is 1.14 bits per heavy atom. The van der Waals surface area contributed by atoms with E-state index in [1.165, 1.54) is 0 Å². The molecule has 5 nitrogen and oxygen atoms in total. The van der Waals surface area contributed by atoms with Crippen LogP contribution in [-0.2, 0) is 6.54 Å². The fourth-order valence-electron chi connectivity index (χ4n) is 1.98. The molecule has 3 rings (SSSR count). The van der Waals surface area contributed by atoms with Gasteiger partial charge in [-0.2, -0.15) is 0 Å². The number of nitrogen functional groups attached to an aromatic ring is 1. The number of anilines is 1. The molecule has 0 spiro atoms. The van der Waals surface area contributed by atoms with Crippen molar-refractivity contribution in [2.24, 2.45) is 0 Å². The van der Waals surface area contributed by atoms with Gasteiger partial charge in [-0.15, -0.1) is 5.10 Å². The summed E-state index contributed by atoms with van der Waals surface area (Å²) in [7, 11) is 0. The van der Waals surface area contributed by atoms with Gasteiger partial charge in [-0.25, -0.2) is 4.68 Å². The first-order valence-electron chi connectivity index (χ1n) is 6.30. The van der Waals surface area contributed by atoms with Gasteiger partial charge in [0, 0.05) is 11.8 Å². The van der Waals surface area contributed by atoms with Gasteiger partial charge in [-0.3, -0.25) is 0 Å². The van der Waals surface area contributed by atoms with Crippen molar-refractivity contribution >= 4 is 39.9 Å². The molecule has 0 aliphatic heterocycles. The van der Waals surface area contributed by atoms with E-state index in [9.17, 15) is 0 Å². The summed E-state index contributed by atoms with van der Waals surface area (Å²) in [6.07, 6.45) is 0. The van der Waals surface area contributed by atoms with Crippen molar-refractivity contribution < 1.29 is 4.74 Å². The normalized spacial score (nSPS) is 11.0. The smallest absolute Gasteiger partial charge is 0.121 e. The summed E-state index contributed by atoms with van der Waals surface area (Å²) in [5, 5.41) is 9.07. The molecule has 0 atom stereocenters. The molecule has 0 unspecified atom stereocenters. The molecule has 3 aromatic rings. The third-order valence-corrected chi connectivity index (χ3v) is 3.71. The van der Waals surface area contributed by atoms with Crippen LogP contribution >= 0.6 is 23.2 Å². The highest BCUT2D eigenvalue weighted by Crippen LogP contribution is 2.26. The first-order valence-corrected chi connectivity index (χ1v) is 7.05. The molecule has 0 fully saturated rings. The summed E-state index contributed by atoms with van der Waals surface area (Å²) < 4.78 is 7.36. The Labute approximate surface area is 131 Å². The first kappa shape index (κ1) is 14.0. The van der Waals surface area contributed by atoms with Gasteiger partial charge in [0.05, 0.1) is 22.1 Å². The van der Waals surface area contributed by atoms with E-state index in [-0.39, 0.29) is 0 Å². The molecule has 7 heteroatoms. The third-order valence-electron chi connectivity index (χ3n) is 2.99. The minimum Gasteiger partial charge on any atom is -0.492 e. The Morgan fingerprint density at radius 2 is 1.95 bits per heavy atom. The Balaban J connectivity index is 1.72. The molecule has 2 aromatic carbocycles. The number of halogens is 2. The maximum atomic E-state index is 6.02. The number of nitrogens with two attached hydrogens (primary N) is 1. The van der Waals surface area contributed by atoms with Crippen LogP contribution in [0.1, 0.15) is 0 Å². The molecule has 0 radical (unpaired) electrons. The summed E-state index contributed by atoms with van der Waals surface area (Å²) in [6, 6.07) is 10.7. The standard InChI is InChI=1S/C14H12Cl2N4O/c15-11-7-13-14(8-12(11)16)20(19-18-13)4-5-21-10-3-1-2-9(17)6-10/h1-3,6-8H,4-5,17H2. The quantitative estimate of drug-likeness (QED) is 0.747. The van der Waals surface area contributed by atoms with Crippen molar-refractivity contribution in [3.05, 3.63) is 46.4 Å². The largest absolute Gasteiger partial charge is 0.492 e. The monoisotopic (exact) mass is 322 g/mol. The van der Waals surface area contributed by atoms with E-state index < -0.39 is 0 Å². The van der Waals surface area contributed by atoms with Gasteiger partial charge in [0.15, 0.2) is 0 Å². The number of nitrogens with zero attached hydrogens (tertiary/aromatic N) is 3. The van der Waals surface area contributed by atoms with Gasteiger partial charge < -0.3 is 10.5 Å². The maximum absolute atomic E-state index is 6.02. The lowest BCUT2D eigenvalue weighted by atomic mass is 10.3. The number of hydrogen-bond donors (Lipinski definition) is 1. The summed E-state index contributed by atoms with van der Waals surface area (Å²) in [4.78, 5) is 0. The molecule has 1 aromatic heterocycles. The highest BCUT2D eigenvalue weighted by Gasteiger charge is 2.08. The molecule has 2 N–H and O–H groups in total. The van der Waals surface area contributed by atoms with Crippen LogP contribution in [0.25, 0.3) is 11.0 Å². The van der Waals surface area contributed by atoms with Crippen LogP contribution < -0.4 is 10.5 Å². The second-order valence-electron chi connectivity index (χ2n) is 4.49. The molecule has 0 amide bonds. The zero-order valence-electron chi connectivity index (χ0n) is 11.0. The maximum Gasteiger partial charge on any atom is 0.121 e. The van der Waals surface area contributed by atoms with Crippen molar-refractivity contribution in [1.29, 1.82) is 0 Å². The van der Waals surface area contributed by atoms with Crippen molar-refractivity contribution in [1.82, 2.24) is 15.0 Å². The van der Waals surface area contributed by atoms with Gasteiger partial charge in [-0.05, 0) is 24.3 Å². The molecular weight excluding hydrogens is 311 g/mol. The van der Waals surface area contributed by atoms with Gasteiger partial charge in [0.1, 0.15) is 17.9 Å². The topological polar surface area (TPSA) is 66.0 Å².